The minimum atomic E-state index is -4.63. The van der Waals surface area contributed by atoms with E-state index in [0.29, 0.717) is 11.8 Å². The lowest BCUT2D eigenvalue weighted by Crippen LogP contribution is -2.15. The largest absolute Gasteiger partial charge is 0.423 e. The molecule has 4 rings (SSSR count). The lowest BCUT2D eigenvalue weighted by atomic mass is 10.2. The molecular weight excluding hydrogens is 399 g/mol. The summed E-state index contributed by atoms with van der Waals surface area (Å²) < 4.78 is 46.4. The van der Waals surface area contributed by atoms with E-state index in [1.165, 1.54) is 17.1 Å². The van der Waals surface area contributed by atoms with Crippen LogP contribution in [0.1, 0.15) is 24.4 Å². The average Bonchev–Trinajstić information content (AvgIpc) is 3.27. The fraction of sp³-hybridized carbons (Fsp3) is 0.188. The Bertz CT molecular complexity index is 1130. The minimum absolute atomic E-state index is 0.0117. The predicted octanol–water partition coefficient (Wildman–Crippen LogP) is 4.04. The monoisotopic (exact) mass is 409 g/mol. The number of anilines is 1. The summed E-state index contributed by atoms with van der Waals surface area (Å²) >= 11 is 5.78. The van der Waals surface area contributed by atoms with Crippen molar-refractivity contribution in [2.75, 3.05) is 5.32 Å². The van der Waals surface area contributed by atoms with Crippen LogP contribution in [0.4, 0.5) is 19.2 Å². The zero-order chi connectivity index (χ0) is 19.9. The molecule has 0 aliphatic rings. The van der Waals surface area contributed by atoms with Gasteiger partial charge in [0.15, 0.2) is 11.4 Å². The van der Waals surface area contributed by atoms with Crippen molar-refractivity contribution >= 4 is 28.7 Å². The first-order chi connectivity index (χ1) is 13.3. The van der Waals surface area contributed by atoms with Gasteiger partial charge in [0, 0.05) is 17.4 Å². The molecular formula is C16H11ClF3N7O. The molecule has 0 saturated heterocycles. The summed E-state index contributed by atoms with van der Waals surface area (Å²) in [6.07, 6.45) is -0.210. The molecule has 0 fully saturated rings. The summed E-state index contributed by atoms with van der Waals surface area (Å²) in [6.45, 7) is 1.72. The smallest absolute Gasteiger partial charge is 0.420 e. The molecule has 0 spiro atoms. The standard InChI is InChI=1S/C16H11ClF3N7O/c1-8(13-23-7-24-27(13)14-21-3-2-4-22-14)25-15-26-11-6-9(17)5-10(12(11)28-15)16(18,19)20/h2-8H,1H3,(H,25,26)/t8-/m0/s1. The molecule has 3 aromatic heterocycles. The van der Waals surface area contributed by atoms with E-state index in [1.54, 1.807) is 25.4 Å². The molecule has 1 aromatic carbocycles. The van der Waals surface area contributed by atoms with Crippen molar-refractivity contribution in [3.8, 4) is 5.95 Å². The number of fused-ring (bicyclic) bond motifs is 1. The summed E-state index contributed by atoms with van der Waals surface area (Å²) in [5.74, 6) is 0.717. The maximum absolute atomic E-state index is 13.2. The third kappa shape index (κ3) is 3.36. The van der Waals surface area contributed by atoms with Crippen LogP contribution in [-0.4, -0.2) is 29.7 Å². The van der Waals surface area contributed by atoms with E-state index in [4.69, 9.17) is 16.0 Å². The van der Waals surface area contributed by atoms with Crippen molar-refractivity contribution in [2.45, 2.75) is 19.1 Å². The lowest BCUT2D eigenvalue weighted by Gasteiger charge is -2.12. The number of rotatable bonds is 4. The van der Waals surface area contributed by atoms with Crippen molar-refractivity contribution in [2.24, 2.45) is 0 Å². The number of alkyl halides is 3. The predicted molar refractivity (Wildman–Crippen MR) is 93.0 cm³/mol. The Balaban J connectivity index is 1.67. The van der Waals surface area contributed by atoms with Gasteiger partial charge in [-0.2, -0.15) is 27.9 Å². The van der Waals surface area contributed by atoms with Gasteiger partial charge in [0.2, 0.25) is 0 Å². The Hall–Kier alpha value is -3.21. The van der Waals surface area contributed by atoms with Crippen LogP contribution in [0, 0.1) is 0 Å². The molecule has 0 aliphatic heterocycles. The quantitative estimate of drug-likeness (QED) is 0.543. The summed E-state index contributed by atoms with van der Waals surface area (Å²) in [7, 11) is 0. The molecule has 144 valence electrons. The number of halogens is 4. The van der Waals surface area contributed by atoms with Crippen molar-refractivity contribution in [3.63, 3.8) is 0 Å². The molecule has 1 atom stereocenters. The van der Waals surface area contributed by atoms with Crippen LogP contribution in [0.15, 0.2) is 41.3 Å². The fourth-order valence-corrected chi connectivity index (χ4v) is 2.83. The average molecular weight is 410 g/mol. The van der Waals surface area contributed by atoms with Gasteiger partial charge in [-0.3, -0.25) is 0 Å². The zero-order valence-electron chi connectivity index (χ0n) is 14.1. The first-order valence-corrected chi connectivity index (χ1v) is 8.32. The molecule has 12 heteroatoms. The molecule has 0 amide bonds. The third-order valence-electron chi connectivity index (χ3n) is 3.80. The maximum atomic E-state index is 13.2. The topological polar surface area (TPSA) is 94.6 Å². The second-order valence-electron chi connectivity index (χ2n) is 5.76. The molecule has 8 nitrogen and oxygen atoms in total. The van der Waals surface area contributed by atoms with Crippen LogP contribution < -0.4 is 5.32 Å². The number of nitrogens with one attached hydrogen (secondary N) is 1. The highest BCUT2D eigenvalue weighted by Crippen LogP contribution is 2.38. The zero-order valence-corrected chi connectivity index (χ0v) is 14.9. The van der Waals surface area contributed by atoms with E-state index in [2.05, 4.69) is 30.4 Å². The van der Waals surface area contributed by atoms with Gasteiger partial charge in [0.1, 0.15) is 17.4 Å². The number of hydrogen-bond acceptors (Lipinski definition) is 7. The van der Waals surface area contributed by atoms with Gasteiger partial charge in [0.05, 0.1) is 6.04 Å². The van der Waals surface area contributed by atoms with E-state index >= 15 is 0 Å². The summed E-state index contributed by atoms with van der Waals surface area (Å²) in [5.41, 5.74) is -1.41. The first kappa shape index (κ1) is 18.2. The molecule has 3 heterocycles. The molecule has 4 aromatic rings. The highest BCUT2D eigenvalue weighted by molar-refractivity contribution is 6.31. The van der Waals surface area contributed by atoms with E-state index < -0.39 is 23.4 Å². The number of nitrogens with zero attached hydrogens (tertiary/aromatic N) is 6. The fourth-order valence-electron chi connectivity index (χ4n) is 2.62. The Labute approximate surface area is 160 Å². The van der Waals surface area contributed by atoms with E-state index in [-0.39, 0.29) is 16.6 Å². The number of hydrogen-bond donors (Lipinski definition) is 1. The Morgan fingerprint density at radius 2 is 1.93 bits per heavy atom. The number of oxazole rings is 1. The van der Waals surface area contributed by atoms with Crippen LogP contribution in [0.3, 0.4) is 0 Å². The molecule has 1 N–H and O–H groups in total. The highest BCUT2D eigenvalue weighted by Gasteiger charge is 2.35. The minimum Gasteiger partial charge on any atom is -0.423 e. The summed E-state index contributed by atoms with van der Waals surface area (Å²) in [6, 6.07) is 3.11. The van der Waals surface area contributed by atoms with E-state index in [0.717, 1.165) is 6.07 Å². The molecule has 0 saturated carbocycles. The molecule has 0 aliphatic carbocycles. The summed E-state index contributed by atoms with van der Waals surface area (Å²) in [4.78, 5) is 16.4. The van der Waals surface area contributed by atoms with Gasteiger partial charge in [-0.15, -0.1) is 0 Å². The second kappa shape index (κ2) is 6.75. The van der Waals surface area contributed by atoms with E-state index in [9.17, 15) is 13.2 Å². The molecule has 0 bridgehead atoms. The van der Waals surface area contributed by atoms with Gasteiger partial charge in [-0.1, -0.05) is 11.6 Å². The lowest BCUT2D eigenvalue weighted by molar-refractivity contribution is -0.136. The Kier molecular flexibility index (Phi) is 4.38. The van der Waals surface area contributed by atoms with Crippen LogP contribution in [-0.2, 0) is 6.18 Å². The number of benzene rings is 1. The van der Waals surface area contributed by atoms with Gasteiger partial charge >= 0.3 is 6.18 Å². The third-order valence-corrected chi connectivity index (χ3v) is 4.02. The van der Waals surface area contributed by atoms with Crippen molar-refractivity contribution in [3.05, 3.63) is 53.3 Å². The van der Waals surface area contributed by atoms with Gasteiger partial charge in [0.25, 0.3) is 12.0 Å². The SMILES string of the molecule is C[C@H](Nc1nc2cc(Cl)cc(C(F)(F)F)c2o1)c1ncnn1-c1ncccn1. The molecule has 0 unspecified atom stereocenters. The van der Waals surface area contributed by atoms with Crippen LogP contribution in [0.25, 0.3) is 17.0 Å². The normalized spacial score (nSPS) is 13.0. The van der Waals surface area contributed by atoms with Crippen molar-refractivity contribution < 1.29 is 17.6 Å². The molecule has 28 heavy (non-hydrogen) atoms. The Morgan fingerprint density at radius 3 is 2.64 bits per heavy atom. The highest BCUT2D eigenvalue weighted by atomic mass is 35.5. The summed E-state index contributed by atoms with van der Waals surface area (Å²) in [5, 5.41) is 6.86. The second-order valence-corrected chi connectivity index (χ2v) is 6.20. The van der Waals surface area contributed by atoms with Gasteiger partial charge in [-0.25, -0.2) is 15.0 Å². The van der Waals surface area contributed by atoms with Gasteiger partial charge in [-0.05, 0) is 25.1 Å². The van der Waals surface area contributed by atoms with Crippen molar-refractivity contribution in [1.82, 2.24) is 29.7 Å². The maximum Gasteiger partial charge on any atom is 0.420 e. The van der Waals surface area contributed by atoms with Crippen LogP contribution in [0.5, 0.6) is 0 Å². The van der Waals surface area contributed by atoms with Crippen LogP contribution >= 0.6 is 11.6 Å². The van der Waals surface area contributed by atoms with Gasteiger partial charge < -0.3 is 9.73 Å². The Morgan fingerprint density at radius 1 is 1.18 bits per heavy atom. The number of aromatic nitrogens is 6. The van der Waals surface area contributed by atoms with E-state index in [1.807, 2.05) is 0 Å². The first-order valence-electron chi connectivity index (χ1n) is 7.94. The van der Waals surface area contributed by atoms with Crippen molar-refractivity contribution in [1.29, 1.82) is 0 Å². The van der Waals surface area contributed by atoms with Crippen LogP contribution in [0.2, 0.25) is 5.02 Å². The molecule has 0 radical (unpaired) electrons.